The lowest BCUT2D eigenvalue weighted by molar-refractivity contribution is -0.145. The molecule has 1 N–H and O–H groups in total. The van der Waals surface area contributed by atoms with Gasteiger partial charge in [0.15, 0.2) is 4.67 Å². The molecule has 1 unspecified atom stereocenters. The van der Waals surface area contributed by atoms with Crippen molar-refractivity contribution in [3.63, 3.8) is 0 Å². The van der Waals surface area contributed by atoms with E-state index in [4.69, 9.17) is 9.15 Å². The summed E-state index contributed by atoms with van der Waals surface area (Å²) in [7, 11) is 3.12. The van der Waals surface area contributed by atoms with Crippen molar-refractivity contribution in [2.75, 3.05) is 20.7 Å². The van der Waals surface area contributed by atoms with E-state index in [0.29, 0.717) is 17.6 Å². The molecule has 1 aromatic heterocycles. The zero-order valence-electron chi connectivity index (χ0n) is 14.2. The molecule has 0 saturated carbocycles. The van der Waals surface area contributed by atoms with Gasteiger partial charge in [0.25, 0.3) is 0 Å². The number of furan rings is 1. The monoisotopic (exact) mass is 408 g/mol. The summed E-state index contributed by atoms with van der Waals surface area (Å²) in [6, 6.07) is 12.4. The first-order chi connectivity index (χ1) is 12.0. The van der Waals surface area contributed by atoms with Gasteiger partial charge < -0.3 is 14.5 Å². The van der Waals surface area contributed by atoms with Crippen molar-refractivity contribution in [2.24, 2.45) is 0 Å². The Bertz CT molecular complexity index is 702. The number of hydrogen-bond donors (Lipinski definition) is 1. The standard InChI is InChI=1S/C18H21BrN2O4/c1-21(11-14-8-9-16(19)25-14)12-17(22)20-15(18(23)24-2)10-13-6-4-3-5-7-13/h3-9,15H,10-12H2,1-2H3,(H,20,22). The summed E-state index contributed by atoms with van der Waals surface area (Å²) in [5, 5.41) is 2.74. The van der Waals surface area contributed by atoms with Crippen molar-refractivity contribution >= 4 is 27.8 Å². The van der Waals surface area contributed by atoms with Crippen LogP contribution in [0.15, 0.2) is 51.6 Å². The molecular weight excluding hydrogens is 388 g/mol. The number of esters is 1. The highest BCUT2D eigenvalue weighted by atomic mass is 79.9. The number of nitrogens with one attached hydrogen (secondary N) is 1. The summed E-state index contributed by atoms with van der Waals surface area (Å²) in [6.07, 6.45) is 0.383. The van der Waals surface area contributed by atoms with E-state index in [0.717, 1.165) is 11.3 Å². The minimum Gasteiger partial charge on any atom is -0.467 e. The smallest absolute Gasteiger partial charge is 0.328 e. The number of nitrogens with zero attached hydrogens (tertiary/aromatic N) is 1. The van der Waals surface area contributed by atoms with Crippen LogP contribution in [0.2, 0.25) is 0 Å². The fourth-order valence-electron chi connectivity index (χ4n) is 2.43. The van der Waals surface area contributed by atoms with Gasteiger partial charge in [0, 0.05) is 6.42 Å². The highest BCUT2D eigenvalue weighted by molar-refractivity contribution is 9.10. The van der Waals surface area contributed by atoms with Crippen LogP contribution in [0.25, 0.3) is 0 Å². The fraction of sp³-hybridized carbons (Fsp3) is 0.333. The minimum atomic E-state index is -0.717. The largest absolute Gasteiger partial charge is 0.467 e. The summed E-state index contributed by atoms with van der Waals surface area (Å²) in [5.41, 5.74) is 0.951. The van der Waals surface area contributed by atoms with Crippen molar-refractivity contribution in [3.05, 3.63) is 58.5 Å². The lowest BCUT2D eigenvalue weighted by Crippen LogP contribution is -2.46. The van der Waals surface area contributed by atoms with Crippen molar-refractivity contribution in [3.8, 4) is 0 Å². The van der Waals surface area contributed by atoms with Gasteiger partial charge in [0.05, 0.1) is 20.2 Å². The van der Waals surface area contributed by atoms with E-state index in [1.807, 2.05) is 36.4 Å². The zero-order valence-corrected chi connectivity index (χ0v) is 15.8. The molecule has 1 heterocycles. The molecule has 6 nitrogen and oxygen atoms in total. The molecule has 7 heteroatoms. The summed E-state index contributed by atoms with van der Waals surface area (Å²) in [5.74, 6) is 0.0326. The quantitative estimate of drug-likeness (QED) is 0.678. The maximum atomic E-state index is 12.3. The molecule has 0 bridgehead atoms. The first-order valence-corrected chi connectivity index (χ1v) is 8.61. The third-order valence-electron chi connectivity index (χ3n) is 3.57. The number of hydrogen-bond acceptors (Lipinski definition) is 5. The molecule has 0 saturated heterocycles. The molecule has 2 rings (SSSR count). The van der Waals surface area contributed by atoms with Crippen LogP contribution in [0.4, 0.5) is 0 Å². The van der Waals surface area contributed by atoms with Crippen molar-refractivity contribution < 1.29 is 18.7 Å². The second-order valence-corrected chi connectivity index (χ2v) is 6.49. The number of carbonyl (C=O) groups excluding carboxylic acids is 2. The van der Waals surface area contributed by atoms with Gasteiger partial charge in [-0.1, -0.05) is 30.3 Å². The average molecular weight is 409 g/mol. The van der Waals surface area contributed by atoms with Crippen molar-refractivity contribution in [1.82, 2.24) is 10.2 Å². The Morgan fingerprint density at radius 3 is 2.56 bits per heavy atom. The number of ether oxygens (including phenoxy) is 1. The van der Waals surface area contributed by atoms with Crippen molar-refractivity contribution in [2.45, 2.75) is 19.0 Å². The lowest BCUT2D eigenvalue weighted by Gasteiger charge is -2.19. The molecule has 0 spiro atoms. The van der Waals surface area contributed by atoms with Gasteiger partial charge in [-0.15, -0.1) is 0 Å². The number of benzene rings is 1. The first-order valence-electron chi connectivity index (χ1n) is 7.82. The van der Waals surface area contributed by atoms with E-state index >= 15 is 0 Å². The van der Waals surface area contributed by atoms with E-state index in [9.17, 15) is 9.59 Å². The Balaban J connectivity index is 1.90. The molecule has 1 atom stereocenters. The number of amides is 1. The van der Waals surface area contributed by atoms with Crippen LogP contribution in [-0.2, 0) is 27.3 Å². The Morgan fingerprint density at radius 1 is 1.24 bits per heavy atom. The molecule has 1 amide bonds. The van der Waals surface area contributed by atoms with Gasteiger partial charge in [-0.05, 0) is 40.7 Å². The zero-order chi connectivity index (χ0) is 18.2. The molecule has 0 fully saturated rings. The van der Waals surface area contributed by atoms with Gasteiger partial charge >= 0.3 is 5.97 Å². The SMILES string of the molecule is COC(=O)C(Cc1ccccc1)NC(=O)CN(C)Cc1ccc(Br)o1. The first kappa shape index (κ1) is 19.2. The van der Waals surface area contributed by atoms with Gasteiger partial charge in [0.2, 0.25) is 5.91 Å². The molecule has 2 aromatic rings. The molecule has 0 radical (unpaired) electrons. The Labute approximate surface area is 155 Å². The lowest BCUT2D eigenvalue weighted by atomic mass is 10.1. The maximum Gasteiger partial charge on any atom is 0.328 e. The second-order valence-electron chi connectivity index (χ2n) is 5.71. The predicted molar refractivity (Wildman–Crippen MR) is 96.8 cm³/mol. The van der Waals surface area contributed by atoms with Gasteiger partial charge in [-0.2, -0.15) is 0 Å². The summed E-state index contributed by atoms with van der Waals surface area (Å²) in [6.45, 7) is 0.626. The van der Waals surface area contributed by atoms with Crippen LogP contribution in [0.3, 0.4) is 0 Å². The number of carbonyl (C=O) groups is 2. The molecular formula is C18H21BrN2O4. The Hall–Kier alpha value is -2.12. The third kappa shape index (κ3) is 6.36. The number of rotatable bonds is 8. The van der Waals surface area contributed by atoms with E-state index in [1.54, 1.807) is 18.0 Å². The number of methoxy groups -OCH3 is 1. The third-order valence-corrected chi connectivity index (χ3v) is 4.00. The van der Waals surface area contributed by atoms with E-state index < -0.39 is 12.0 Å². The Morgan fingerprint density at radius 2 is 1.96 bits per heavy atom. The van der Waals surface area contributed by atoms with Gasteiger partial charge in [-0.3, -0.25) is 9.69 Å². The summed E-state index contributed by atoms with van der Waals surface area (Å²) in [4.78, 5) is 26.0. The molecule has 1 aromatic carbocycles. The van der Waals surface area contributed by atoms with E-state index in [-0.39, 0.29) is 12.5 Å². The van der Waals surface area contributed by atoms with Crippen LogP contribution in [-0.4, -0.2) is 43.5 Å². The minimum absolute atomic E-state index is 0.139. The van der Waals surface area contributed by atoms with Gasteiger partial charge in [0.1, 0.15) is 11.8 Å². The van der Waals surface area contributed by atoms with Crippen molar-refractivity contribution in [1.29, 1.82) is 0 Å². The van der Waals surface area contributed by atoms with Crippen LogP contribution in [0, 0.1) is 0 Å². The highest BCUT2D eigenvalue weighted by Gasteiger charge is 2.22. The predicted octanol–water partition coefficient (Wildman–Crippen LogP) is 2.37. The average Bonchev–Trinajstić information content (AvgIpc) is 2.99. The van der Waals surface area contributed by atoms with Crippen LogP contribution in [0.1, 0.15) is 11.3 Å². The fourth-order valence-corrected chi connectivity index (χ4v) is 2.77. The van der Waals surface area contributed by atoms with Crippen LogP contribution in [0.5, 0.6) is 0 Å². The highest BCUT2D eigenvalue weighted by Crippen LogP contribution is 2.15. The molecule has 25 heavy (non-hydrogen) atoms. The Kier molecular flexibility index (Phi) is 7.21. The van der Waals surface area contributed by atoms with Crippen LogP contribution < -0.4 is 5.32 Å². The second kappa shape index (κ2) is 9.39. The van der Waals surface area contributed by atoms with Gasteiger partial charge in [-0.25, -0.2) is 4.79 Å². The number of likely N-dealkylation sites (N-methyl/N-ethyl adjacent to an activating group) is 1. The molecule has 134 valence electrons. The summed E-state index contributed by atoms with van der Waals surface area (Å²) >= 11 is 3.25. The maximum absolute atomic E-state index is 12.3. The molecule has 0 aliphatic heterocycles. The summed E-state index contributed by atoms with van der Waals surface area (Å²) < 4.78 is 10.9. The normalized spacial score (nSPS) is 12.0. The topological polar surface area (TPSA) is 71.8 Å². The molecule has 0 aliphatic rings. The number of halogens is 1. The van der Waals surface area contributed by atoms with E-state index in [2.05, 4.69) is 21.2 Å². The van der Waals surface area contributed by atoms with Crippen LogP contribution >= 0.6 is 15.9 Å². The van der Waals surface area contributed by atoms with E-state index in [1.165, 1.54) is 7.11 Å². The molecule has 0 aliphatic carbocycles.